The Morgan fingerprint density at radius 2 is 0.957 bits per heavy atom. The second-order valence-corrected chi connectivity index (χ2v) is 32.8. The molecule has 0 saturated heterocycles. The molecule has 500 valence electrons. The van der Waals surface area contributed by atoms with Gasteiger partial charge in [-0.3, -0.25) is 24.0 Å². The van der Waals surface area contributed by atoms with Crippen LogP contribution in [0.2, 0.25) is 0 Å². The predicted octanol–water partition coefficient (Wildman–Crippen LogP) is 17.2. The van der Waals surface area contributed by atoms with E-state index in [0.29, 0.717) is 58.3 Å². The Kier molecular flexibility index (Phi) is 21.5. The summed E-state index contributed by atoms with van der Waals surface area (Å²) in [7, 11) is -0.0293. The molecule has 8 aliphatic rings. The third kappa shape index (κ3) is 15.5. The van der Waals surface area contributed by atoms with Crippen LogP contribution in [0.4, 0.5) is 17.6 Å². The Morgan fingerprint density at radius 1 is 0.553 bits per heavy atom. The zero-order valence-corrected chi connectivity index (χ0v) is 56.8. The first-order chi connectivity index (χ1) is 44.5. The lowest BCUT2D eigenvalue weighted by Crippen LogP contribution is -2.65. The van der Waals surface area contributed by atoms with E-state index in [-0.39, 0.29) is 112 Å². The number of aliphatic hydroxyl groups is 2. The SMILES string of the molecule is CC(CCC(=O)OC(C)C(C)(F)F)[C@H]1CC[C@H]2[C@@H]3C(=O)C[C@@H]4CC(=O)CC[C@]4(C)[C@H]3CC(=O)[C@]12C.CC(OC(=O)C12CC3CC(O)(CC(O)(C3)C1)C2)C(C)(F)F.c1ccc([S+](c2ccccc2)c2ccccc2)cc1.c1ccc([S+](c2ccccc2)c2ccccc2)cc1. The van der Waals surface area contributed by atoms with E-state index in [9.17, 15) is 51.7 Å². The molecule has 9 nitrogen and oxygen atoms in total. The minimum atomic E-state index is -3.11. The van der Waals surface area contributed by atoms with Crippen LogP contribution in [0.25, 0.3) is 0 Å². The molecule has 6 aromatic rings. The predicted molar refractivity (Wildman–Crippen MR) is 358 cm³/mol. The second kappa shape index (κ2) is 28.7. The fraction of sp³-hybridized carbons (Fsp3) is 0.481. The van der Waals surface area contributed by atoms with Crippen molar-refractivity contribution in [2.45, 2.75) is 209 Å². The number of Topliss-reactive ketones (excluding diaryl/α,β-unsaturated/α-hetero) is 3. The lowest BCUT2D eigenvalue weighted by atomic mass is 9.44. The molecule has 0 heterocycles. The first-order valence-corrected chi connectivity index (χ1v) is 36.0. The molecule has 0 spiro atoms. The molecular weight excluding hydrogens is 1230 g/mol. The minimum absolute atomic E-state index is 0.00476. The number of halogens is 4. The summed E-state index contributed by atoms with van der Waals surface area (Å²) in [5, 5.41) is 21.1. The smallest absolute Gasteiger partial charge is 0.312 e. The van der Waals surface area contributed by atoms with E-state index in [1.165, 1.54) is 43.2 Å². The standard InChI is InChI=1S/C28H40F2O5.2C18H15S.C15H22F2O4/c1-15(6-9-24(34)35-16(2)28(5,29)30)19-7-8-20-25-21(14-23(33)27(19,20)4)26(3)11-10-18(31)12-17(26)13-22(25)32;2*1-4-10-16(11-5-1)19(17-12-6-2-7-13-17)18-14-8-3-9-15-18;1-9(12(2,16)17)21-11(18)13-3-10-4-14(19,6-13)8-15(20,5-10)7-13/h15-17,19-21,25H,6-14H2,1-5H3;2*1-15H;9-10,19-20H,3-8H2,1-2H3/q;2*+1;/t15?,16?,17-,19+,20-,21-,25-,26-,27+;;;/m0.../s1. The lowest BCUT2D eigenvalue weighted by molar-refractivity contribution is -0.243. The lowest BCUT2D eigenvalue weighted by Gasteiger charge is -2.62. The van der Waals surface area contributed by atoms with Crippen LogP contribution in [0.5, 0.6) is 0 Å². The van der Waals surface area contributed by atoms with Crippen molar-refractivity contribution in [1.29, 1.82) is 0 Å². The molecule has 4 bridgehead atoms. The van der Waals surface area contributed by atoms with E-state index in [2.05, 4.69) is 189 Å². The fourth-order valence-electron chi connectivity index (χ4n) is 17.4. The van der Waals surface area contributed by atoms with Crippen LogP contribution >= 0.6 is 0 Å². The van der Waals surface area contributed by atoms with Crippen molar-refractivity contribution < 1.29 is 61.2 Å². The molecular formula is C79H92F4O9S2+2. The van der Waals surface area contributed by atoms with Gasteiger partial charge >= 0.3 is 11.9 Å². The number of fused-ring (bicyclic) bond motifs is 5. The number of ether oxygens (including phenoxy) is 2. The zero-order chi connectivity index (χ0) is 67.4. The number of hydrogen-bond acceptors (Lipinski definition) is 9. The quantitative estimate of drug-likeness (QED) is 0.0583. The van der Waals surface area contributed by atoms with Gasteiger partial charge in [0.25, 0.3) is 11.8 Å². The molecule has 12 atom stereocenters. The van der Waals surface area contributed by atoms with Crippen LogP contribution < -0.4 is 0 Å². The highest BCUT2D eigenvalue weighted by molar-refractivity contribution is 7.97. The van der Waals surface area contributed by atoms with Gasteiger partial charge in [0.15, 0.2) is 41.6 Å². The van der Waals surface area contributed by atoms with Crippen molar-refractivity contribution in [1.82, 2.24) is 0 Å². The molecule has 2 N–H and O–H groups in total. The van der Waals surface area contributed by atoms with Crippen molar-refractivity contribution in [3.8, 4) is 0 Å². The van der Waals surface area contributed by atoms with Gasteiger partial charge in [-0.05, 0) is 185 Å². The van der Waals surface area contributed by atoms with Crippen LogP contribution in [-0.2, 0) is 55.2 Å². The summed E-state index contributed by atoms with van der Waals surface area (Å²) in [5.41, 5.74) is -3.90. The summed E-state index contributed by atoms with van der Waals surface area (Å²) in [6.07, 6.45) is 4.07. The van der Waals surface area contributed by atoms with Gasteiger partial charge in [0.05, 0.1) is 38.4 Å². The average molecular weight is 1330 g/mol. The highest BCUT2D eigenvalue weighted by Crippen LogP contribution is 2.67. The molecule has 0 radical (unpaired) electrons. The van der Waals surface area contributed by atoms with Crippen molar-refractivity contribution in [3.05, 3.63) is 182 Å². The van der Waals surface area contributed by atoms with Crippen molar-refractivity contribution in [3.63, 3.8) is 0 Å². The Hall–Kier alpha value is -6.39. The van der Waals surface area contributed by atoms with Gasteiger partial charge in [0.2, 0.25) is 0 Å². The fourth-order valence-corrected chi connectivity index (χ4v) is 21.6. The maximum Gasteiger partial charge on any atom is 0.312 e. The van der Waals surface area contributed by atoms with Gasteiger partial charge in [-0.2, -0.15) is 0 Å². The maximum absolute atomic E-state index is 13.8. The van der Waals surface area contributed by atoms with E-state index in [1.807, 2.05) is 13.8 Å². The van der Waals surface area contributed by atoms with Crippen LogP contribution in [0.3, 0.4) is 0 Å². The summed E-state index contributed by atoms with van der Waals surface area (Å²) in [6, 6.07) is 64.3. The minimum Gasteiger partial charge on any atom is -0.456 e. The van der Waals surface area contributed by atoms with E-state index in [1.54, 1.807) is 0 Å². The monoisotopic (exact) mass is 1320 g/mol. The second-order valence-electron chi connectivity index (χ2n) is 28.8. The third-order valence-corrected chi connectivity index (χ3v) is 26.5. The molecule has 6 aromatic carbocycles. The first-order valence-electron chi connectivity index (χ1n) is 33.5. The van der Waals surface area contributed by atoms with E-state index in [0.717, 1.165) is 26.2 Å². The van der Waals surface area contributed by atoms with Crippen LogP contribution in [0, 0.1) is 57.7 Å². The summed E-state index contributed by atoms with van der Waals surface area (Å²) >= 11 is 0. The molecule has 15 heteroatoms. The highest BCUT2D eigenvalue weighted by atomic mass is 32.2. The number of benzene rings is 6. The highest BCUT2D eigenvalue weighted by Gasteiger charge is 2.68. The average Bonchev–Trinajstić information content (AvgIpc) is 1.15. The number of hydrogen-bond donors (Lipinski definition) is 2. The van der Waals surface area contributed by atoms with Crippen LogP contribution in [0.15, 0.2) is 211 Å². The number of carbonyl (C=O) groups excluding carboxylic acids is 5. The summed E-state index contributed by atoms with van der Waals surface area (Å²) in [6.45, 7) is 10.0. The topological polar surface area (TPSA) is 144 Å². The molecule has 8 fully saturated rings. The number of esters is 2. The van der Waals surface area contributed by atoms with Gasteiger partial charge < -0.3 is 19.7 Å². The molecule has 8 saturated carbocycles. The molecule has 5 unspecified atom stereocenters. The maximum atomic E-state index is 13.8. The Balaban J connectivity index is 0.000000142. The summed E-state index contributed by atoms with van der Waals surface area (Å²) < 4.78 is 63.1. The van der Waals surface area contributed by atoms with Crippen molar-refractivity contribution in [2.24, 2.45) is 57.7 Å². The Labute approximate surface area is 558 Å². The summed E-state index contributed by atoms with van der Waals surface area (Å²) in [5.74, 6) is -6.81. The van der Waals surface area contributed by atoms with E-state index in [4.69, 9.17) is 9.47 Å². The van der Waals surface area contributed by atoms with Gasteiger partial charge in [0.1, 0.15) is 17.3 Å². The molecule has 14 rings (SSSR count). The van der Waals surface area contributed by atoms with Gasteiger partial charge in [-0.25, -0.2) is 17.6 Å². The first kappa shape index (κ1) is 70.4. The van der Waals surface area contributed by atoms with Crippen LogP contribution in [0.1, 0.15) is 145 Å². The van der Waals surface area contributed by atoms with E-state index < -0.39 is 58.0 Å². The Morgan fingerprint density at radius 3 is 1.35 bits per heavy atom. The normalized spacial score (nSPS) is 29.9. The largest absolute Gasteiger partial charge is 0.456 e. The van der Waals surface area contributed by atoms with Crippen LogP contribution in [-0.4, -0.2) is 74.8 Å². The number of ketones is 3. The molecule has 0 amide bonds. The van der Waals surface area contributed by atoms with Crippen molar-refractivity contribution in [2.75, 3.05) is 0 Å². The van der Waals surface area contributed by atoms with Gasteiger partial charge in [-0.15, -0.1) is 0 Å². The number of rotatable bonds is 15. The molecule has 94 heavy (non-hydrogen) atoms. The summed E-state index contributed by atoms with van der Waals surface area (Å²) in [4.78, 5) is 72.2. The molecule has 8 aliphatic carbocycles. The number of alkyl halides is 4. The Bertz CT molecular complexity index is 3230. The van der Waals surface area contributed by atoms with E-state index >= 15 is 0 Å². The van der Waals surface area contributed by atoms with Gasteiger partial charge in [-0.1, -0.05) is 130 Å². The van der Waals surface area contributed by atoms with Gasteiger partial charge in [0, 0.05) is 63.7 Å². The third-order valence-electron chi connectivity index (χ3n) is 22.0. The molecule has 0 aromatic heterocycles. The zero-order valence-electron chi connectivity index (χ0n) is 55.2. The number of carbonyl (C=O) groups is 5. The molecule has 0 aliphatic heterocycles. The van der Waals surface area contributed by atoms with Crippen molar-refractivity contribution >= 4 is 51.1 Å².